The highest BCUT2D eigenvalue weighted by Gasteiger charge is 2.36. The molecule has 0 spiro atoms. The lowest BCUT2D eigenvalue weighted by Crippen LogP contribution is -2.30. The Hall–Kier alpha value is -3.35. The molecule has 1 N–H and O–H groups in total. The van der Waals surface area contributed by atoms with E-state index < -0.39 is 6.04 Å². The predicted octanol–water partition coefficient (Wildman–Crippen LogP) is 3.29. The Morgan fingerprint density at radius 1 is 1.26 bits per heavy atom. The maximum Gasteiger partial charge on any atom is 0.338 e. The lowest BCUT2D eigenvalue weighted by molar-refractivity contribution is -0.139. The molecule has 0 radical (unpaired) electrons. The van der Waals surface area contributed by atoms with Crippen LogP contribution >= 0.6 is 0 Å². The monoisotopic (exact) mass is 364 g/mol. The quantitative estimate of drug-likeness (QED) is 0.716. The highest BCUT2D eigenvalue weighted by atomic mass is 16.5. The van der Waals surface area contributed by atoms with Gasteiger partial charge in [0.05, 0.1) is 19.3 Å². The zero-order valence-electron chi connectivity index (χ0n) is 15.4. The van der Waals surface area contributed by atoms with Gasteiger partial charge in [0.25, 0.3) is 0 Å². The second-order valence-corrected chi connectivity index (χ2v) is 6.22. The van der Waals surface area contributed by atoms with E-state index >= 15 is 0 Å². The van der Waals surface area contributed by atoms with Crippen LogP contribution in [0.3, 0.4) is 0 Å². The summed E-state index contributed by atoms with van der Waals surface area (Å²) in [6.07, 6.45) is 1.47. The number of carbonyl (C=O) groups is 1. The molecule has 138 valence electrons. The van der Waals surface area contributed by atoms with Crippen molar-refractivity contribution in [2.45, 2.75) is 19.9 Å². The summed E-state index contributed by atoms with van der Waals surface area (Å²) in [5.41, 5.74) is 2.03. The molecule has 0 amide bonds. The summed E-state index contributed by atoms with van der Waals surface area (Å²) in [5.74, 6) is 0.862. The number of rotatable bonds is 4. The first kappa shape index (κ1) is 17.1. The number of aromatic nitrogens is 3. The van der Waals surface area contributed by atoms with Crippen LogP contribution < -0.4 is 10.1 Å². The van der Waals surface area contributed by atoms with Crippen LogP contribution in [0.4, 0.5) is 5.95 Å². The molecular formula is C20H20N4O3. The van der Waals surface area contributed by atoms with Gasteiger partial charge < -0.3 is 14.8 Å². The van der Waals surface area contributed by atoms with E-state index in [1.54, 1.807) is 18.7 Å². The van der Waals surface area contributed by atoms with Gasteiger partial charge in [0, 0.05) is 11.3 Å². The number of benzene rings is 2. The first-order chi connectivity index (χ1) is 13.2. The molecule has 1 aliphatic rings. The molecule has 3 aromatic rings. The minimum absolute atomic E-state index is 0.291. The van der Waals surface area contributed by atoms with Gasteiger partial charge in [-0.15, -0.1) is 0 Å². The van der Waals surface area contributed by atoms with Gasteiger partial charge in [-0.3, -0.25) is 0 Å². The molecular weight excluding hydrogens is 344 g/mol. The van der Waals surface area contributed by atoms with Gasteiger partial charge in [-0.2, -0.15) is 10.1 Å². The van der Waals surface area contributed by atoms with E-state index in [0.29, 0.717) is 29.6 Å². The van der Waals surface area contributed by atoms with Crippen LogP contribution in [0.5, 0.6) is 5.75 Å². The van der Waals surface area contributed by atoms with Crippen molar-refractivity contribution < 1.29 is 14.3 Å². The topological polar surface area (TPSA) is 78.3 Å². The number of allylic oxidation sites excluding steroid dienone is 1. The molecule has 2 heterocycles. The lowest BCUT2D eigenvalue weighted by atomic mass is 9.90. The number of hydrogen-bond donors (Lipinski definition) is 1. The van der Waals surface area contributed by atoms with Gasteiger partial charge in [-0.05, 0) is 30.7 Å². The maximum absolute atomic E-state index is 12.8. The Morgan fingerprint density at radius 3 is 2.85 bits per heavy atom. The number of fused-ring (bicyclic) bond motifs is 2. The highest BCUT2D eigenvalue weighted by Crippen LogP contribution is 2.42. The molecule has 4 rings (SSSR count). The molecule has 0 aliphatic carbocycles. The second kappa shape index (κ2) is 6.75. The van der Waals surface area contributed by atoms with Gasteiger partial charge in [-0.1, -0.05) is 30.3 Å². The van der Waals surface area contributed by atoms with E-state index in [1.165, 1.54) is 6.33 Å². The standard InChI is InChI=1S/C20H20N4O3/c1-4-27-19(25)16-12(2)23-20-21-11-22-24(20)18(16)17-14-8-6-5-7-13(14)9-10-15(17)26-3/h5-11,18H,4H2,1-3H3,(H,21,22,23). The van der Waals surface area contributed by atoms with E-state index in [-0.39, 0.29) is 5.97 Å². The summed E-state index contributed by atoms with van der Waals surface area (Å²) in [6.45, 7) is 3.92. The highest BCUT2D eigenvalue weighted by molar-refractivity contribution is 5.96. The third-order valence-corrected chi connectivity index (χ3v) is 4.71. The van der Waals surface area contributed by atoms with E-state index in [9.17, 15) is 4.79 Å². The number of esters is 1. The molecule has 27 heavy (non-hydrogen) atoms. The minimum Gasteiger partial charge on any atom is -0.496 e. The third kappa shape index (κ3) is 2.71. The molecule has 1 aromatic heterocycles. The zero-order chi connectivity index (χ0) is 19.0. The SMILES string of the molecule is CCOC(=O)C1=C(C)Nc2ncnn2C1c1c(OC)ccc2ccccc12. The van der Waals surface area contributed by atoms with E-state index in [1.807, 2.05) is 43.3 Å². The first-order valence-electron chi connectivity index (χ1n) is 8.75. The number of nitrogens with one attached hydrogen (secondary N) is 1. The van der Waals surface area contributed by atoms with E-state index in [0.717, 1.165) is 16.3 Å². The zero-order valence-corrected chi connectivity index (χ0v) is 15.4. The lowest BCUT2D eigenvalue weighted by Gasteiger charge is -2.29. The summed E-state index contributed by atoms with van der Waals surface area (Å²) in [7, 11) is 1.62. The molecule has 0 saturated heterocycles. The largest absolute Gasteiger partial charge is 0.496 e. The average molecular weight is 364 g/mol. The van der Waals surface area contributed by atoms with E-state index in [4.69, 9.17) is 9.47 Å². The van der Waals surface area contributed by atoms with Gasteiger partial charge in [0.2, 0.25) is 5.95 Å². The minimum atomic E-state index is -0.510. The third-order valence-electron chi connectivity index (χ3n) is 4.71. The molecule has 0 saturated carbocycles. The molecule has 0 bridgehead atoms. The number of hydrogen-bond acceptors (Lipinski definition) is 6. The van der Waals surface area contributed by atoms with Crippen LogP contribution in [0.25, 0.3) is 10.8 Å². The van der Waals surface area contributed by atoms with Crippen molar-refractivity contribution >= 4 is 22.7 Å². The van der Waals surface area contributed by atoms with Crippen LogP contribution in [0.2, 0.25) is 0 Å². The van der Waals surface area contributed by atoms with Gasteiger partial charge in [0.15, 0.2) is 0 Å². The Kier molecular flexibility index (Phi) is 4.27. The Balaban J connectivity index is 2.04. The van der Waals surface area contributed by atoms with Crippen LogP contribution in [-0.2, 0) is 9.53 Å². The number of anilines is 1. The molecule has 7 nitrogen and oxygen atoms in total. The summed E-state index contributed by atoms with van der Waals surface area (Å²) in [6, 6.07) is 11.4. The van der Waals surface area contributed by atoms with Gasteiger partial charge in [-0.25, -0.2) is 9.48 Å². The average Bonchev–Trinajstić information content (AvgIpc) is 3.14. The summed E-state index contributed by atoms with van der Waals surface area (Å²) in [5, 5.41) is 9.55. The van der Waals surface area contributed by atoms with Crippen molar-refractivity contribution in [2.24, 2.45) is 0 Å². The smallest absolute Gasteiger partial charge is 0.338 e. The fraction of sp³-hybridized carbons (Fsp3) is 0.250. The molecule has 1 aliphatic heterocycles. The van der Waals surface area contributed by atoms with Crippen molar-refractivity contribution in [3.8, 4) is 5.75 Å². The number of nitrogens with zero attached hydrogens (tertiary/aromatic N) is 3. The maximum atomic E-state index is 12.8. The van der Waals surface area contributed by atoms with Crippen LogP contribution in [-0.4, -0.2) is 34.5 Å². The normalized spacial score (nSPS) is 16.0. The van der Waals surface area contributed by atoms with Gasteiger partial charge >= 0.3 is 5.97 Å². The Morgan fingerprint density at radius 2 is 2.07 bits per heavy atom. The van der Waals surface area contributed by atoms with Gasteiger partial charge in [0.1, 0.15) is 18.1 Å². The second-order valence-electron chi connectivity index (χ2n) is 6.22. The van der Waals surface area contributed by atoms with Crippen LogP contribution in [0.15, 0.2) is 54.0 Å². The Bertz CT molecular complexity index is 1050. The van der Waals surface area contributed by atoms with E-state index in [2.05, 4.69) is 15.4 Å². The number of methoxy groups -OCH3 is 1. The van der Waals surface area contributed by atoms with Crippen molar-refractivity contribution in [1.82, 2.24) is 14.8 Å². The Labute approximate surface area is 156 Å². The van der Waals surface area contributed by atoms with Crippen molar-refractivity contribution in [3.63, 3.8) is 0 Å². The molecule has 2 aromatic carbocycles. The summed E-state index contributed by atoms with van der Waals surface area (Å²) >= 11 is 0. The van der Waals surface area contributed by atoms with Crippen molar-refractivity contribution in [2.75, 3.05) is 19.0 Å². The fourth-order valence-electron chi connectivity index (χ4n) is 3.57. The fourth-order valence-corrected chi connectivity index (χ4v) is 3.57. The van der Waals surface area contributed by atoms with Crippen LogP contribution in [0, 0.1) is 0 Å². The number of carbonyl (C=O) groups excluding carboxylic acids is 1. The molecule has 7 heteroatoms. The molecule has 0 fully saturated rings. The number of ether oxygens (including phenoxy) is 2. The first-order valence-corrected chi connectivity index (χ1v) is 8.75. The summed E-state index contributed by atoms with van der Waals surface area (Å²) in [4.78, 5) is 17.1. The van der Waals surface area contributed by atoms with Crippen LogP contribution in [0.1, 0.15) is 25.5 Å². The molecule has 1 atom stereocenters. The predicted molar refractivity (Wildman–Crippen MR) is 102 cm³/mol. The molecule has 1 unspecified atom stereocenters. The van der Waals surface area contributed by atoms with Crippen molar-refractivity contribution in [1.29, 1.82) is 0 Å². The van der Waals surface area contributed by atoms with Crippen molar-refractivity contribution in [3.05, 3.63) is 59.6 Å². The summed E-state index contributed by atoms with van der Waals surface area (Å²) < 4.78 is 12.7.